The molecule has 1 saturated carbocycles. The lowest BCUT2D eigenvalue weighted by atomic mass is 9.82. The number of rotatable bonds is 4. The van der Waals surface area contributed by atoms with Gasteiger partial charge >= 0.3 is 0 Å². The summed E-state index contributed by atoms with van der Waals surface area (Å²) in [6.45, 7) is 0. The normalized spacial score (nSPS) is 18.1. The first-order chi connectivity index (χ1) is 9.19. The molecule has 2 rings (SSSR count). The van der Waals surface area contributed by atoms with Crippen LogP contribution in [-0.2, 0) is 0 Å². The van der Waals surface area contributed by atoms with Crippen molar-refractivity contribution in [1.82, 2.24) is 0 Å². The Bertz CT molecular complexity index is 428. The van der Waals surface area contributed by atoms with E-state index in [0.717, 1.165) is 18.4 Å². The molecule has 0 heterocycles. The third-order valence-corrected chi connectivity index (χ3v) is 4.32. The molecule has 1 unspecified atom stereocenters. The zero-order chi connectivity index (χ0) is 13.8. The second kappa shape index (κ2) is 6.49. The van der Waals surface area contributed by atoms with Crippen LogP contribution in [-0.4, -0.2) is 19.3 Å². The van der Waals surface area contributed by atoms with Gasteiger partial charge in [-0.05, 0) is 24.8 Å². The van der Waals surface area contributed by atoms with E-state index in [1.807, 2.05) is 6.07 Å². The van der Waals surface area contributed by atoms with Crippen molar-refractivity contribution in [2.24, 2.45) is 5.92 Å². The molecule has 1 fully saturated rings. The summed E-state index contributed by atoms with van der Waals surface area (Å²) < 4.78 is 10.5. The van der Waals surface area contributed by atoms with Crippen LogP contribution in [0, 0.1) is 5.92 Å². The lowest BCUT2D eigenvalue weighted by Gasteiger charge is -2.28. The number of methoxy groups -OCH3 is 2. The Hall–Kier alpha value is -0.930. The van der Waals surface area contributed by atoms with Gasteiger partial charge in [0.25, 0.3) is 0 Å². The maximum atomic E-state index is 10.5. The van der Waals surface area contributed by atoms with Crippen molar-refractivity contribution in [3.63, 3.8) is 0 Å². The number of hydrogen-bond donors (Lipinski definition) is 1. The van der Waals surface area contributed by atoms with Gasteiger partial charge in [-0.15, -0.1) is 0 Å². The molecule has 0 aromatic heterocycles. The van der Waals surface area contributed by atoms with Gasteiger partial charge < -0.3 is 14.6 Å². The maximum Gasteiger partial charge on any atom is 0.179 e. The molecule has 0 spiro atoms. The van der Waals surface area contributed by atoms with Crippen LogP contribution < -0.4 is 9.47 Å². The molecule has 0 bridgehead atoms. The third-order valence-electron chi connectivity index (χ3n) is 3.93. The van der Waals surface area contributed by atoms with Crippen molar-refractivity contribution in [3.8, 4) is 11.5 Å². The molecule has 1 aliphatic rings. The molecule has 1 aromatic rings. The first-order valence-electron chi connectivity index (χ1n) is 6.77. The summed E-state index contributed by atoms with van der Waals surface area (Å²) in [6, 6.07) is 3.63. The van der Waals surface area contributed by atoms with Crippen molar-refractivity contribution in [1.29, 1.82) is 0 Å². The number of benzene rings is 1. The zero-order valence-corrected chi connectivity index (χ0v) is 12.2. The van der Waals surface area contributed by atoms with Crippen LogP contribution in [0.2, 0.25) is 5.02 Å². The fourth-order valence-electron chi connectivity index (χ4n) is 2.84. The van der Waals surface area contributed by atoms with Crippen LogP contribution >= 0.6 is 11.6 Å². The summed E-state index contributed by atoms with van der Waals surface area (Å²) in [5.41, 5.74) is 0.742. The number of aliphatic hydroxyl groups excluding tert-OH is 1. The van der Waals surface area contributed by atoms with Gasteiger partial charge in [-0.2, -0.15) is 0 Å². The second-order valence-corrected chi connectivity index (χ2v) is 5.43. The van der Waals surface area contributed by atoms with E-state index in [1.54, 1.807) is 20.3 Å². The van der Waals surface area contributed by atoms with Crippen molar-refractivity contribution < 1.29 is 14.6 Å². The Balaban J connectivity index is 2.28. The fraction of sp³-hybridized carbons (Fsp3) is 0.600. The number of aliphatic hydroxyl groups is 1. The quantitative estimate of drug-likeness (QED) is 0.909. The highest BCUT2D eigenvalue weighted by Crippen LogP contribution is 2.43. The number of halogens is 1. The van der Waals surface area contributed by atoms with Gasteiger partial charge in [0, 0.05) is 5.56 Å². The van der Waals surface area contributed by atoms with E-state index in [2.05, 4.69) is 0 Å². The Kier molecular flexibility index (Phi) is 4.94. The fourth-order valence-corrected chi connectivity index (χ4v) is 3.18. The average molecular weight is 285 g/mol. The van der Waals surface area contributed by atoms with Crippen LogP contribution in [0.3, 0.4) is 0 Å². The molecule has 0 radical (unpaired) electrons. The van der Waals surface area contributed by atoms with E-state index in [0.29, 0.717) is 22.4 Å². The molecule has 0 amide bonds. The summed E-state index contributed by atoms with van der Waals surface area (Å²) in [4.78, 5) is 0. The number of hydrogen-bond acceptors (Lipinski definition) is 3. The largest absolute Gasteiger partial charge is 0.493 e. The zero-order valence-electron chi connectivity index (χ0n) is 11.5. The second-order valence-electron chi connectivity index (χ2n) is 5.05. The summed E-state index contributed by atoms with van der Waals surface area (Å²) in [6.07, 6.45) is 5.24. The van der Waals surface area contributed by atoms with Crippen molar-refractivity contribution in [2.45, 2.75) is 38.2 Å². The molecule has 4 heteroatoms. The minimum Gasteiger partial charge on any atom is -0.493 e. The van der Waals surface area contributed by atoms with Crippen molar-refractivity contribution >= 4 is 11.6 Å². The SMILES string of the molecule is COc1ccc(C(O)C2CCCCC2)c(Cl)c1OC. The van der Waals surface area contributed by atoms with Crippen molar-refractivity contribution in [3.05, 3.63) is 22.7 Å². The van der Waals surface area contributed by atoms with E-state index < -0.39 is 6.10 Å². The van der Waals surface area contributed by atoms with Gasteiger partial charge in [0.1, 0.15) is 0 Å². The first kappa shape index (κ1) is 14.5. The van der Waals surface area contributed by atoms with Crippen LogP contribution in [0.1, 0.15) is 43.8 Å². The van der Waals surface area contributed by atoms with Crippen molar-refractivity contribution in [2.75, 3.05) is 14.2 Å². The lowest BCUT2D eigenvalue weighted by molar-refractivity contribution is 0.0846. The highest BCUT2D eigenvalue weighted by atomic mass is 35.5. The van der Waals surface area contributed by atoms with E-state index in [9.17, 15) is 5.11 Å². The summed E-state index contributed by atoms with van der Waals surface area (Å²) in [5, 5.41) is 11.0. The molecule has 1 aromatic carbocycles. The van der Waals surface area contributed by atoms with E-state index >= 15 is 0 Å². The summed E-state index contributed by atoms with van der Waals surface area (Å²) in [5.74, 6) is 1.38. The predicted octanol–water partition coefficient (Wildman–Crippen LogP) is 3.97. The monoisotopic (exact) mass is 284 g/mol. The highest BCUT2D eigenvalue weighted by Gasteiger charge is 2.26. The van der Waals surface area contributed by atoms with Gasteiger partial charge in [0.2, 0.25) is 0 Å². The Morgan fingerprint density at radius 1 is 1.16 bits per heavy atom. The molecular formula is C15H21ClO3. The van der Waals surface area contributed by atoms with Crippen LogP contribution in [0.25, 0.3) is 0 Å². The van der Waals surface area contributed by atoms with Crippen LogP contribution in [0.15, 0.2) is 12.1 Å². The minimum absolute atomic E-state index is 0.296. The van der Waals surface area contributed by atoms with Gasteiger partial charge in [-0.1, -0.05) is 36.9 Å². The highest BCUT2D eigenvalue weighted by molar-refractivity contribution is 6.33. The summed E-state index contributed by atoms with van der Waals surface area (Å²) in [7, 11) is 3.13. The van der Waals surface area contributed by atoms with E-state index in [-0.39, 0.29) is 0 Å². The predicted molar refractivity (Wildman–Crippen MR) is 76.1 cm³/mol. The molecular weight excluding hydrogens is 264 g/mol. The molecule has 19 heavy (non-hydrogen) atoms. The standard InChI is InChI=1S/C15H21ClO3/c1-18-12-9-8-11(13(16)15(12)19-2)14(17)10-6-4-3-5-7-10/h8-10,14,17H,3-7H2,1-2H3. The van der Waals surface area contributed by atoms with Crippen LogP contribution in [0.5, 0.6) is 11.5 Å². The lowest BCUT2D eigenvalue weighted by Crippen LogP contribution is -2.16. The van der Waals surface area contributed by atoms with Gasteiger partial charge in [-0.3, -0.25) is 0 Å². The van der Waals surface area contributed by atoms with Gasteiger partial charge in [0.15, 0.2) is 11.5 Å². The topological polar surface area (TPSA) is 38.7 Å². The molecule has 0 saturated heterocycles. The van der Waals surface area contributed by atoms with Crippen LogP contribution in [0.4, 0.5) is 0 Å². The van der Waals surface area contributed by atoms with E-state index in [1.165, 1.54) is 19.3 Å². The Morgan fingerprint density at radius 3 is 2.42 bits per heavy atom. The maximum absolute atomic E-state index is 10.5. The number of ether oxygens (including phenoxy) is 2. The first-order valence-corrected chi connectivity index (χ1v) is 7.15. The Labute approximate surface area is 119 Å². The van der Waals surface area contributed by atoms with E-state index in [4.69, 9.17) is 21.1 Å². The molecule has 1 atom stereocenters. The van der Waals surface area contributed by atoms with Gasteiger partial charge in [0.05, 0.1) is 25.3 Å². The summed E-state index contributed by atoms with van der Waals surface area (Å²) >= 11 is 6.34. The molecule has 1 aliphatic carbocycles. The molecule has 1 N–H and O–H groups in total. The Morgan fingerprint density at radius 2 is 1.84 bits per heavy atom. The molecule has 0 aliphatic heterocycles. The third kappa shape index (κ3) is 2.98. The van der Waals surface area contributed by atoms with Gasteiger partial charge in [-0.25, -0.2) is 0 Å². The molecule has 106 valence electrons. The minimum atomic E-state index is -0.521. The average Bonchev–Trinajstić information content (AvgIpc) is 2.47. The molecule has 3 nitrogen and oxygen atoms in total. The smallest absolute Gasteiger partial charge is 0.179 e.